The van der Waals surface area contributed by atoms with Crippen molar-refractivity contribution in [2.75, 3.05) is 10.6 Å². The Labute approximate surface area is 184 Å². The van der Waals surface area contributed by atoms with E-state index in [2.05, 4.69) is 10.6 Å². The van der Waals surface area contributed by atoms with E-state index in [1.54, 1.807) is 11.8 Å². The van der Waals surface area contributed by atoms with Gasteiger partial charge in [0, 0.05) is 23.7 Å². The van der Waals surface area contributed by atoms with E-state index in [-0.39, 0.29) is 11.5 Å². The van der Waals surface area contributed by atoms with Gasteiger partial charge >= 0.3 is 6.03 Å². The van der Waals surface area contributed by atoms with Crippen LogP contribution in [0.2, 0.25) is 5.02 Å². The molecular formula is C22H22ClN5OS. The zero-order valence-electron chi connectivity index (χ0n) is 16.1. The van der Waals surface area contributed by atoms with Gasteiger partial charge in [-0.05, 0) is 41.5 Å². The summed E-state index contributed by atoms with van der Waals surface area (Å²) in [6, 6.07) is 20.8. The zero-order valence-corrected chi connectivity index (χ0v) is 17.7. The Morgan fingerprint density at radius 1 is 1.07 bits per heavy atom. The van der Waals surface area contributed by atoms with E-state index >= 15 is 0 Å². The smallest absolute Gasteiger partial charge is 0.317 e. The van der Waals surface area contributed by atoms with Crippen molar-refractivity contribution in [2.24, 2.45) is 5.73 Å². The highest BCUT2D eigenvalue weighted by Crippen LogP contribution is 2.49. The molecule has 8 heteroatoms. The maximum absolute atomic E-state index is 12.7. The predicted octanol–water partition coefficient (Wildman–Crippen LogP) is 4.41. The average Bonchev–Trinajstić information content (AvgIpc) is 3.10. The lowest BCUT2D eigenvalue weighted by Crippen LogP contribution is -2.46. The van der Waals surface area contributed by atoms with Gasteiger partial charge in [0.1, 0.15) is 0 Å². The van der Waals surface area contributed by atoms with Crippen molar-refractivity contribution in [3.8, 4) is 0 Å². The fraction of sp³-hybridized carbons (Fsp3) is 0.136. The van der Waals surface area contributed by atoms with E-state index in [4.69, 9.17) is 23.1 Å². The maximum Gasteiger partial charge on any atom is 0.317 e. The standard InChI is InChI=1S/C22H22ClN5OS/c23-17-5-3-4-15(12-24)20(17)28-18-6-1-2-7-19(18)30-22(28)27-21(29)26-13-14-8-10-16(25)11-9-14/h1-11,22H,12-13,24-25H2,(H2,26,27,29). The summed E-state index contributed by atoms with van der Waals surface area (Å²) >= 11 is 8.12. The van der Waals surface area contributed by atoms with Crippen LogP contribution >= 0.6 is 23.4 Å². The summed E-state index contributed by atoms with van der Waals surface area (Å²) in [5.74, 6) is 0. The van der Waals surface area contributed by atoms with Crippen LogP contribution in [0.3, 0.4) is 0 Å². The van der Waals surface area contributed by atoms with E-state index in [0.29, 0.717) is 23.8 Å². The number of anilines is 3. The molecule has 6 nitrogen and oxygen atoms in total. The lowest BCUT2D eigenvalue weighted by molar-refractivity contribution is 0.240. The van der Waals surface area contributed by atoms with Crippen molar-refractivity contribution < 1.29 is 4.79 Å². The van der Waals surface area contributed by atoms with Gasteiger partial charge in [0.15, 0.2) is 5.50 Å². The summed E-state index contributed by atoms with van der Waals surface area (Å²) in [6.45, 7) is 0.742. The molecule has 1 aliphatic rings. The summed E-state index contributed by atoms with van der Waals surface area (Å²) in [6.07, 6.45) is 0. The number of para-hydroxylation sites is 2. The minimum atomic E-state index is -0.362. The monoisotopic (exact) mass is 439 g/mol. The van der Waals surface area contributed by atoms with Crippen LogP contribution in [-0.4, -0.2) is 11.5 Å². The molecule has 0 aromatic heterocycles. The SMILES string of the molecule is NCc1cccc(Cl)c1N1c2ccccc2SC1NC(=O)NCc1ccc(N)cc1. The van der Waals surface area contributed by atoms with Crippen molar-refractivity contribution >= 4 is 46.5 Å². The second kappa shape index (κ2) is 8.87. The number of rotatable bonds is 5. The number of nitrogens with zero attached hydrogens (tertiary/aromatic N) is 1. The van der Waals surface area contributed by atoms with Crippen molar-refractivity contribution in [3.63, 3.8) is 0 Å². The fourth-order valence-electron chi connectivity index (χ4n) is 3.36. The molecular weight excluding hydrogens is 418 g/mol. The quantitative estimate of drug-likeness (QED) is 0.441. The Bertz CT molecular complexity index is 1060. The summed E-state index contributed by atoms with van der Waals surface area (Å²) in [5, 5.41) is 6.54. The first-order valence-electron chi connectivity index (χ1n) is 9.48. The van der Waals surface area contributed by atoms with Gasteiger partial charge in [-0.2, -0.15) is 0 Å². The first-order valence-corrected chi connectivity index (χ1v) is 10.7. The second-order valence-corrected chi connectivity index (χ2v) is 8.36. The molecule has 2 amide bonds. The number of hydrogen-bond donors (Lipinski definition) is 4. The summed E-state index contributed by atoms with van der Waals surface area (Å²) < 4.78 is 0. The highest BCUT2D eigenvalue weighted by Gasteiger charge is 2.34. The van der Waals surface area contributed by atoms with Crippen LogP contribution in [0.1, 0.15) is 11.1 Å². The first-order chi connectivity index (χ1) is 14.6. The van der Waals surface area contributed by atoms with Crippen LogP contribution in [0.4, 0.5) is 21.9 Å². The average molecular weight is 440 g/mol. The Morgan fingerprint density at radius 3 is 2.60 bits per heavy atom. The number of halogens is 1. The Hall–Kier alpha value is -2.87. The fourth-order valence-corrected chi connectivity index (χ4v) is 4.82. The molecule has 0 saturated heterocycles. The van der Waals surface area contributed by atoms with Gasteiger partial charge in [0.25, 0.3) is 0 Å². The number of thioether (sulfide) groups is 1. The Morgan fingerprint density at radius 2 is 1.83 bits per heavy atom. The number of fused-ring (bicyclic) bond motifs is 1. The highest BCUT2D eigenvalue weighted by atomic mass is 35.5. The van der Waals surface area contributed by atoms with Crippen LogP contribution in [-0.2, 0) is 13.1 Å². The molecule has 0 saturated carbocycles. The zero-order chi connectivity index (χ0) is 21.1. The van der Waals surface area contributed by atoms with Gasteiger partial charge in [0.05, 0.1) is 16.4 Å². The molecule has 0 fully saturated rings. The summed E-state index contributed by atoms with van der Waals surface area (Å²) in [4.78, 5) is 15.8. The number of amides is 2. The van der Waals surface area contributed by atoms with E-state index in [1.165, 1.54) is 0 Å². The Balaban J connectivity index is 1.56. The third-order valence-corrected chi connectivity index (χ3v) is 6.27. The molecule has 0 spiro atoms. The van der Waals surface area contributed by atoms with Gasteiger partial charge in [-0.15, -0.1) is 0 Å². The van der Waals surface area contributed by atoms with Crippen molar-refractivity contribution in [3.05, 3.63) is 82.9 Å². The minimum absolute atomic E-state index is 0.275. The van der Waals surface area contributed by atoms with E-state index in [1.807, 2.05) is 71.6 Å². The topological polar surface area (TPSA) is 96.4 Å². The molecule has 0 aliphatic carbocycles. The number of carbonyl (C=O) groups excluding carboxylic acids is 1. The lowest BCUT2D eigenvalue weighted by atomic mass is 10.1. The molecule has 1 aliphatic heterocycles. The van der Waals surface area contributed by atoms with E-state index < -0.39 is 0 Å². The summed E-state index contributed by atoms with van der Waals surface area (Å²) in [5.41, 5.74) is 15.7. The van der Waals surface area contributed by atoms with Gasteiger partial charge in [-0.3, -0.25) is 0 Å². The van der Waals surface area contributed by atoms with Gasteiger partial charge in [0.2, 0.25) is 0 Å². The third-order valence-electron chi connectivity index (χ3n) is 4.82. The molecule has 4 rings (SSSR count). The largest absolute Gasteiger partial charge is 0.399 e. The number of urea groups is 1. The number of nitrogen functional groups attached to an aromatic ring is 1. The van der Waals surface area contributed by atoms with Crippen molar-refractivity contribution in [1.82, 2.24) is 10.6 Å². The third kappa shape index (κ3) is 4.18. The lowest BCUT2D eigenvalue weighted by Gasteiger charge is -2.30. The van der Waals surface area contributed by atoms with E-state index in [9.17, 15) is 4.79 Å². The van der Waals surface area contributed by atoms with Crippen LogP contribution in [0, 0.1) is 0 Å². The molecule has 0 radical (unpaired) electrons. The van der Waals surface area contributed by atoms with Crippen LogP contribution in [0.25, 0.3) is 0 Å². The number of nitrogens with one attached hydrogen (secondary N) is 2. The molecule has 30 heavy (non-hydrogen) atoms. The molecule has 3 aromatic carbocycles. The van der Waals surface area contributed by atoms with Crippen LogP contribution in [0.5, 0.6) is 0 Å². The highest BCUT2D eigenvalue weighted by molar-refractivity contribution is 8.00. The second-order valence-electron chi connectivity index (χ2n) is 6.83. The normalized spacial score (nSPS) is 15.0. The number of carbonyl (C=O) groups is 1. The molecule has 1 atom stereocenters. The first kappa shape index (κ1) is 20.4. The molecule has 154 valence electrons. The van der Waals surface area contributed by atoms with Crippen LogP contribution < -0.4 is 27.0 Å². The van der Waals surface area contributed by atoms with Crippen LogP contribution in [0.15, 0.2) is 71.6 Å². The van der Waals surface area contributed by atoms with Gasteiger partial charge in [-0.1, -0.05) is 59.8 Å². The molecule has 0 bridgehead atoms. The van der Waals surface area contributed by atoms with Gasteiger partial charge in [-0.25, -0.2) is 4.79 Å². The Kier molecular flexibility index (Phi) is 6.03. The molecule has 6 N–H and O–H groups in total. The molecule has 1 heterocycles. The number of benzene rings is 3. The minimum Gasteiger partial charge on any atom is -0.399 e. The maximum atomic E-state index is 12.7. The summed E-state index contributed by atoms with van der Waals surface area (Å²) in [7, 11) is 0. The molecule has 3 aromatic rings. The predicted molar refractivity (Wildman–Crippen MR) is 124 cm³/mol. The number of hydrogen-bond acceptors (Lipinski definition) is 5. The van der Waals surface area contributed by atoms with Gasteiger partial charge < -0.3 is 27.0 Å². The van der Waals surface area contributed by atoms with Crippen molar-refractivity contribution in [2.45, 2.75) is 23.5 Å². The van der Waals surface area contributed by atoms with E-state index in [0.717, 1.165) is 27.4 Å². The molecule has 1 unspecified atom stereocenters. The van der Waals surface area contributed by atoms with Crippen molar-refractivity contribution in [1.29, 1.82) is 0 Å². The number of nitrogens with two attached hydrogens (primary N) is 2.